The van der Waals surface area contributed by atoms with Gasteiger partial charge in [-0.1, -0.05) is 29.3 Å². The third-order valence-electron chi connectivity index (χ3n) is 5.59. The zero-order valence-electron chi connectivity index (χ0n) is 19.0. The molecule has 1 heterocycles. The van der Waals surface area contributed by atoms with E-state index in [1.54, 1.807) is 49.6 Å². The smallest absolute Gasteiger partial charge is 0.257 e. The molecule has 0 unspecified atom stereocenters. The zero-order chi connectivity index (χ0) is 24.5. The van der Waals surface area contributed by atoms with Crippen molar-refractivity contribution in [2.45, 2.75) is 25.8 Å². The molecule has 2 N–H and O–H groups in total. The van der Waals surface area contributed by atoms with Crippen molar-refractivity contribution in [1.29, 1.82) is 0 Å². The second-order valence-corrected chi connectivity index (χ2v) is 9.63. The molecule has 0 saturated carbocycles. The van der Waals surface area contributed by atoms with Crippen molar-refractivity contribution in [3.63, 3.8) is 0 Å². The predicted octanol–water partition coefficient (Wildman–Crippen LogP) is 6.40. The van der Waals surface area contributed by atoms with E-state index in [0.717, 1.165) is 29.0 Å². The van der Waals surface area contributed by atoms with E-state index in [1.165, 1.54) is 6.07 Å². The van der Waals surface area contributed by atoms with Crippen molar-refractivity contribution >= 4 is 46.3 Å². The molecule has 5 nitrogen and oxygen atoms in total. The molecule has 0 bridgehead atoms. The number of ether oxygens (including phenoxy) is 1. The molecule has 3 aromatic rings. The lowest BCUT2D eigenvalue weighted by Gasteiger charge is -2.35. The highest BCUT2D eigenvalue weighted by atomic mass is 35.5. The van der Waals surface area contributed by atoms with E-state index in [0.29, 0.717) is 21.8 Å². The monoisotopic (exact) mass is 494 g/mol. The van der Waals surface area contributed by atoms with Crippen LogP contribution in [-0.4, -0.2) is 24.3 Å². The number of anilines is 1. The van der Waals surface area contributed by atoms with Crippen molar-refractivity contribution in [3.05, 3.63) is 99.0 Å². The van der Waals surface area contributed by atoms with Crippen LogP contribution >= 0.6 is 23.2 Å². The highest BCUT2D eigenvalue weighted by molar-refractivity contribution is 6.37. The van der Waals surface area contributed by atoms with E-state index in [1.807, 2.05) is 18.2 Å². The molecule has 7 heteroatoms. The number of methoxy groups -OCH3 is 1. The molecule has 1 aliphatic rings. The van der Waals surface area contributed by atoms with Gasteiger partial charge in [-0.3, -0.25) is 9.59 Å². The van der Waals surface area contributed by atoms with E-state index in [-0.39, 0.29) is 22.3 Å². The SMILES string of the molecule is COc1ccc2c(c1)/C(=C/C(=O)c1ccc(NC(=O)c3ccc(Cl)cc3Cl)cc1)NC(C)(C)C2. The van der Waals surface area contributed by atoms with Crippen LogP contribution in [0.1, 0.15) is 45.7 Å². The van der Waals surface area contributed by atoms with Crippen LogP contribution in [0.25, 0.3) is 5.70 Å². The van der Waals surface area contributed by atoms with Crippen molar-refractivity contribution in [2.24, 2.45) is 0 Å². The maximum Gasteiger partial charge on any atom is 0.257 e. The topological polar surface area (TPSA) is 67.4 Å². The summed E-state index contributed by atoms with van der Waals surface area (Å²) in [6.07, 6.45) is 2.45. The van der Waals surface area contributed by atoms with E-state index in [9.17, 15) is 9.59 Å². The van der Waals surface area contributed by atoms with E-state index >= 15 is 0 Å². The van der Waals surface area contributed by atoms with Gasteiger partial charge in [0.05, 0.1) is 17.7 Å². The second-order valence-electron chi connectivity index (χ2n) is 8.79. The molecule has 0 saturated heterocycles. The summed E-state index contributed by atoms with van der Waals surface area (Å²) >= 11 is 12.0. The van der Waals surface area contributed by atoms with Crippen LogP contribution in [0.3, 0.4) is 0 Å². The third-order valence-corrected chi connectivity index (χ3v) is 6.14. The minimum Gasteiger partial charge on any atom is -0.497 e. The fraction of sp³-hybridized carbons (Fsp3) is 0.185. The van der Waals surface area contributed by atoms with Crippen LogP contribution in [0, 0.1) is 0 Å². The van der Waals surface area contributed by atoms with Crippen molar-refractivity contribution < 1.29 is 14.3 Å². The molecule has 1 amide bonds. The first-order valence-corrected chi connectivity index (χ1v) is 11.5. The lowest BCUT2D eigenvalue weighted by molar-refractivity contribution is 0.102. The highest BCUT2D eigenvalue weighted by Gasteiger charge is 2.28. The van der Waals surface area contributed by atoms with Crippen LogP contribution in [-0.2, 0) is 6.42 Å². The predicted molar refractivity (Wildman–Crippen MR) is 137 cm³/mol. The molecule has 174 valence electrons. The standard InChI is InChI=1S/C27H24Cl2N2O3/c1-27(2)15-17-6-10-20(34-3)13-22(17)24(31-27)14-25(32)16-4-8-19(9-5-16)30-26(33)21-11-7-18(28)12-23(21)29/h4-14,31H,15H2,1-3H3,(H,30,33)/b24-14-. The van der Waals surface area contributed by atoms with E-state index in [2.05, 4.69) is 24.5 Å². The Hall–Kier alpha value is -3.28. The highest BCUT2D eigenvalue weighted by Crippen LogP contribution is 2.32. The molecule has 34 heavy (non-hydrogen) atoms. The van der Waals surface area contributed by atoms with Gasteiger partial charge in [-0.2, -0.15) is 0 Å². The van der Waals surface area contributed by atoms with Gasteiger partial charge in [0.2, 0.25) is 0 Å². The Bertz CT molecular complexity index is 1300. The van der Waals surface area contributed by atoms with Gasteiger partial charge in [-0.15, -0.1) is 0 Å². The molecule has 0 atom stereocenters. The maximum atomic E-state index is 13.1. The van der Waals surface area contributed by atoms with Crippen LogP contribution in [0.5, 0.6) is 5.75 Å². The van der Waals surface area contributed by atoms with Crippen LogP contribution in [0.4, 0.5) is 5.69 Å². The fourth-order valence-electron chi connectivity index (χ4n) is 3.96. The number of carbonyl (C=O) groups excluding carboxylic acids is 2. The first-order valence-electron chi connectivity index (χ1n) is 10.7. The van der Waals surface area contributed by atoms with Gasteiger partial charge in [0.1, 0.15) is 5.75 Å². The lowest BCUT2D eigenvalue weighted by atomic mass is 9.85. The Labute approximate surface area is 208 Å². The number of fused-ring (bicyclic) bond motifs is 1. The zero-order valence-corrected chi connectivity index (χ0v) is 20.6. The Morgan fingerprint density at radius 2 is 1.76 bits per heavy atom. The number of nitrogens with one attached hydrogen (secondary N) is 2. The molecular formula is C27H24Cl2N2O3. The van der Waals surface area contributed by atoms with Gasteiger partial charge in [0, 0.05) is 39.1 Å². The number of halogens is 2. The summed E-state index contributed by atoms with van der Waals surface area (Å²) in [7, 11) is 1.62. The Balaban J connectivity index is 1.54. The number of allylic oxidation sites excluding steroid dienone is 1. The first kappa shape index (κ1) is 23.9. The van der Waals surface area contributed by atoms with Crippen LogP contribution in [0.15, 0.2) is 66.7 Å². The molecule has 0 fully saturated rings. The summed E-state index contributed by atoms with van der Waals surface area (Å²) in [5, 5.41) is 6.98. The van der Waals surface area contributed by atoms with Crippen LogP contribution < -0.4 is 15.4 Å². The average molecular weight is 495 g/mol. The number of hydrogen-bond donors (Lipinski definition) is 2. The van der Waals surface area contributed by atoms with Gasteiger partial charge >= 0.3 is 0 Å². The van der Waals surface area contributed by atoms with Gasteiger partial charge in [0.25, 0.3) is 5.91 Å². The van der Waals surface area contributed by atoms with Crippen molar-refractivity contribution in [1.82, 2.24) is 5.32 Å². The van der Waals surface area contributed by atoms with Gasteiger partial charge < -0.3 is 15.4 Å². The molecule has 0 aromatic heterocycles. The molecular weight excluding hydrogens is 471 g/mol. The van der Waals surface area contributed by atoms with Gasteiger partial charge in [-0.25, -0.2) is 0 Å². The minimum atomic E-state index is -0.359. The number of rotatable bonds is 5. The first-order chi connectivity index (χ1) is 16.1. The molecule has 0 aliphatic carbocycles. The van der Waals surface area contributed by atoms with E-state index in [4.69, 9.17) is 27.9 Å². The number of ketones is 1. The van der Waals surface area contributed by atoms with Crippen molar-refractivity contribution in [2.75, 3.05) is 12.4 Å². The van der Waals surface area contributed by atoms with Crippen molar-refractivity contribution in [3.8, 4) is 5.75 Å². The molecule has 0 radical (unpaired) electrons. The normalized spacial score (nSPS) is 15.3. The summed E-state index contributed by atoms with van der Waals surface area (Å²) in [5.74, 6) is 0.231. The van der Waals surface area contributed by atoms with Crippen LogP contribution in [0.2, 0.25) is 10.0 Å². The van der Waals surface area contributed by atoms with Gasteiger partial charge in [0.15, 0.2) is 5.78 Å². The Kier molecular flexibility index (Phi) is 6.69. The number of hydrogen-bond acceptors (Lipinski definition) is 4. The third kappa shape index (κ3) is 5.27. The Morgan fingerprint density at radius 3 is 2.44 bits per heavy atom. The average Bonchev–Trinajstić information content (AvgIpc) is 2.78. The maximum absolute atomic E-state index is 13.1. The Morgan fingerprint density at radius 1 is 1.03 bits per heavy atom. The summed E-state index contributed by atoms with van der Waals surface area (Å²) in [5.41, 5.74) is 4.04. The number of amides is 1. The fourth-order valence-corrected chi connectivity index (χ4v) is 4.45. The summed E-state index contributed by atoms with van der Waals surface area (Å²) in [4.78, 5) is 25.6. The lowest BCUT2D eigenvalue weighted by Crippen LogP contribution is -2.43. The summed E-state index contributed by atoms with van der Waals surface area (Å²) in [6, 6.07) is 17.3. The molecule has 0 spiro atoms. The minimum absolute atomic E-state index is 0.146. The number of carbonyl (C=O) groups is 2. The summed E-state index contributed by atoms with van der Waals surface area (Å²) in [6.45, 7) is 4.20. The molecule has 1 aliphatic heterocycles. The van der Waals surface area contributed by atoms with Gasteiger partial charge in [-0.05, 0) is 80.4 Å². The molecule has 3 aromatic carbocycles. The second kappa shape index (κ2) is 9.53. The quantitative estimate of drug-likeness (QED) is 0.318. The summed E-state index contributed by atoms with van der Waals surface area (Å²) < 4.78 is 5.37. The number of benzene rings is 3. The van der Waals surface area contributed by atoms with E-state index < -0.39 is 0 Å². The largest absolute Gasteiger partial charge is 0.497 e. The molecule has 4 rings (SSSR count).